The van der Waals surface area contributed by atoms with Gasteiger partial charge in [-0.2, -0.15) is 0 Å². The summed E-state index contributed by atoms with van der Waals surface area (Å²) in [7, 11) is -2.30. The molecule has 0 spiro atoms. The average molecular weight is 374 g/mol. The van der Waals surface area contributed by atoms with E-state index in [2.05, 4.69) is 5.32 Å². The molecule has 0 bridgehead atoms. The molecule has 0 aliphatic carbocycles. The third kappa shape index (κ3) is 7.61. The van der Waals surface area contributed by atoms with Gasteiger partial charge in [0.2, 0.25) is 15.9 Å². The van der Waals surface area contributed by atoms with E-state index in [1.807, 2.05) is 0 Å². The van der Waals surface area contributed by atoms with Crippen molar-refractivity contribution in [2.75, 3.05) is 20.1 Å². The van der Waals surface area contributed by atoms with E-state index in [0.29, 0.717) is 25.8 Å². The molecule has 1 aromatic rings. The fraction of sp³-hybridized carbons (Fsp3) is 0.500. The van der Waals surface area contributed by atoms with Crippen molar-refractivity contribution >= 4 is 21.9 Å². The molecule has 0 saturated heterocycles. The van der Waals surface area contributed by atoms with Gasteiger partial charge >= 0.3 is 5.97 Å². The first kappa shape index (κ1) is 21.0. The van der Waals surface area contributed by atoms with Gasteiger partial charge in [-0.25, -0.2) is 17.1 Å². The number of halogens is 1. The van der Waals surface area contributed by atoms with Crippen molar-refractivity contribution in [3.05, 3.63) is 30.1 Å². The second-order valence-electron chi connectivity index (χ2n) is 5.58. The Hall–Kier alpha value is -2.00. The number of carboxylic acids is 1. The Morgan fingerprint density at radius 2 is 1.76 bits per heavy atom. The van der Waals surface area contributed by atoms with Crippen LogP contribution in [0.15, 0.2) is 29.2 Å². The van der Waals surface area contributed by atoms with Crippen LogP contribution in [0.5, 0.6) is 0 Å². The summed E-state index contributed by atoms with van der Waals surface area (Å²) < 4.78 is 38.5. The molecule has 1 rings (SSSR count). The lowest BCUT2D eigenvalue weighted by atomic mass is 10.2. The molecule has 2 N–H and O–H groups in total. The van der Waals surface area contributed by atoms with Gasteiger partial charge in [0.15, 0.2) is 0 Å². The van der Waals surface area contributed by atoms with E-state index in [0.717, 1.165) is 16.4 Å². The SMILES string of the molecule is CN(CCCC(=O)NCCCCC(=O)O)S(=O)(=O)c1ccc(F)cc1. The number of aliphatic carboxylic acids is 1. The maximum Gasteiger partial charge on any atom is 0.303 e. The average Bonchev–Trinajstić information content (AvgIpc) is 2.54. The van der Waals surface area contributed by atoms with Crippen LogP contribution in [-0.2, 0) is 19.6 Å². The van der Waals surface area contributed by atoms with Gasteiger partial charge < -0.3 is 10.4 Å². The van der Waals surface area contributed by atoms with E-state index in [1.54, 1.807) is 0 Å². The Bertz CT molecular complexity index is 676. The van der Waals surface area contributed by atoms with Gasteiger partial charge in [-0.15, -0.1) is 0 Å². The van der Waals surface area contributed by atoms with E-state index in [-0.39, 0.29) is 30.2 Å². The number of rotatable bonds is 11. The first-order valence-electron chi connectivity index (χ1n) is 7.94. The lowest BCUT2D eigenvalue weighted by Crippen LogP contribution is -2.30. The zero-order valence-electron chi connectivity index (χ0n) is 14.1. The fourth-order valence-electron chi connectivity index (χ4n) is 2.09. The number of unbranched alkanes of at least 4 members (excludes halogenated alkanes) is 1. The molecule has 0 heterocycles. The van der Waals surface area contributed by atoms with Gasteiger partial charge in [-0.1, -0.05) is 0 Å². The van der Waals surface area contributed by atoms with Crippen molar-refractivity contribution < 1.29 is 27.5 Å². The normalized spacial score (nSPS) is 11.5. The molecule has 1 amide bonds. The Kier molecular flexibility index (Phi) is 8.50. The van der Waals surface area contributed by atoms with Crippen LogP contribution < -0.4 is 5.32 Å². The number of carboxylic acid groups (broad SMARTS) is 1. The largest absolute Gasteiger partial charge is 0.481 e. The number of nitrogens with zero attached hydrogens (tertiary/aromatic N) is 1. The Morgan fingerprint density at radius 3 is 2.36 bits per heavy atom. The number of amides is 1. The highest BCUT2D eigenvalue weighted by Crippen LogP contribution is 2.15. The lowest BCUT2D eigenvalue weighted by molar-refractivity contribution is -0.137. The van der Waals surface area contributed by atoms with Crippen molar-refractivity contribution in [1.82, 2.24) is 9.62 Å². The van der Waals surface area contributed by atoms with E-state index in [1.165, 1.54) is 19.2 Å². The minimum atomic E-state index is -3.71. The van der Waals surface area contributed by atoms with Gasteiger partial charge in [0.25, 0.3) is 0 Å². The Labute approximate surface area is 146 Å². The molecule has 0 aromatic heterocycles. The van der Waals surface area contributed by atoms with E-state index in [9.17, 15) is 22.4 Å². The molecule has 9 heteroatoms. The van der Waals surface area contributed by atoms with Crippen molar-refractivity contribution in [2.45, 2.75) is 37.0 Å². The van der Waals surface area contributed by atoms with Crippen molar-refractivity contribution in [3.8, 4) is 0 Å². The molecule has 0 fully saturated rings. The van der Waals surface area contributed by atoms with Gasteiger partial charge in [0.1, 0.15) is 5.82 Å². The highest BCUT2D eigenvalue weighted by molar-refractivity contribution is 7.89. The van der Waals surface area contributed by atoms with Crippen molar-refractivity contribution in [1.29, 1.82) is 0 Å². The van der Waals surface area contributed by atoms with Gasteiger partial charge in [-0.05, 0) is 43.5 Å². The predicted octanol–water partition coefficient (Wildman–Crippen LogP) is 1.60. The number of hydrogen-bond donors (Lipinski definition) is 2. The van der Waals surface area contributed by atoms with Gasteiger partial charge in [0.05, 0.1) is 4.90 Å². The minimum Gasteiger partial charge on any atom is -0.481 e. The standard InChI is InChI=1S/C16H23FN2O5S/c1-19(25(23,24)14-9-7-13(17)8-10-14)12-4-5-15(20)18-11-3-2-6-16(21)22/h7-10H,2-6,11-12H2,1H3,(H,18,20)(H,21,22). The molecule has 0 radical (unpaired) electrons. The van der Waals surface area contributed by atoms with Crippen molar-refractivity contribution in [2.24, 2.45) is 0 Å². The minimum absolute atomic E-state index is 0.000665. The van der Waals surface area contributed by atoms with E-state index < -0.39 is 21.8 Å². The zero-order chi connectivity index (χ0) is 18.9. The molecule has 0 atom stereocenters. The molecule has 140 valence electrons. The Morgan fingerprint density at radius 1 is 1.12 bits per heavy atom. The summed E-state index contributed by atoms with van der Waals surface area (Å²) in [5, 5.41) is 11.2. The first-order valence-corrected chi connectivity index (χ1v) is 9.38. The van der Waals surface area contributed by atoms with Crippen LogP contribution in [-0.4, -0.2) is 49.8 Å². The molecular weight excluding hydrogens is 351 g/mol. The Balaban J connectivity index is 2.31. The molecule has 0 aliphatic rings. The third-order valence-corrected chi connectivity index (χ3v) is 5.41. The summed E-state index contributed by atoms with van der Waals surface area (Å²) in [6.45, 7) is 0.558. The number of nitrogens with one attached hydrogen (secondary N) is 1. The van der Waals surface area contributed by atoms with Gasteiger partial charge in [0, 0.05) is 33.0 Å². The van der Waals surface area contributed by atoms with Gasteiger partial charge in [-0.3, -0.25) is 9.59 Å². The first-order chi connectivity index (χ1) is 11.7. The second kappa shape index (κ2) is 10.1. The number of carbonyl (C=O) groups is 2. The highest BCUT2D eigenvalue weighted by Gasteiger charge is 2.20. The van der Waals surface area contributed by atoms with E-state index in [4.69, 9.17) is 5.11 Å². The lowest BCUT2D eigenvalue weighted by Gasteiger charge is -2.17. The summed E-state index contributed by atoms with van der Waals surface area (Å²) in [5.74, 6) is -1.58. The smallest absolute Gasteiger partial charge is 0.303 e. The molecule has 7 nitrogen and oxygen atoms in total. The highest BCUT2D eigenvalue weighted by atomic mass is 32.2. The number of carbonyl (C=O) groups excluding carboxylic acids is 1. The molecule has 25 heavy (non-hydrogen) atoms. The summed E-state index contributed by atoms with van der Waals surface area (Å²) in [4.78, 5) is 22.0. The summed E-state index contributed by atoms with van der Waals surface area (Å²) in [5.41, 5.74) is 0. The summed E-state index contributed by atoms with van der Waals surface area (Å²) >= 11 is 0. The van der Waals surface area contributed by atoms with E-state index >= 15 is 0 Å². The topological polar surface area (TPSA) is 104 Å². The maximum absolute atomic E-state index is 12.9. The van der Waals surface area contributed by atoms with Crippen LogP contribution in [0, 0.1) is 5.82 Å². The monoisotopic (exact) mass is 374 g/mol. The zero-order valence-corrected chi connectivity index (χ0v) is 14.9. The van der Waals surface area contributed by atoms with Crippen molar-refractivity contribution in [3.63, 3.8) is 0 Å². The van der Waals surface area contributed by atoms with Crippen LogP contribution in [0.2, 0.25) is 0 Å². The third-order valence-electron chi connectivity index (χ3n) is 3.54. The fourth-order valence-corrected chi connectivity index (χ4v) is 3.30. The molecule has 0 aliphatic heterocycles. The predicted molar refractivity (Wildman–Crippen MR) is 89.9 cm³/mol. The summed E-state index contributed by atoms with van der Waals surface area (Å²) in [6.07, 6.45) is 1.66. The number of sulfonamides is 1. The van der Waals surface area contributed by atoms with Crippen LogP contribution in [0.4, 0.5) is 4.39 Å². The quantitative estimate of drug-likeness (QED) is 0.573. The number of hydrogen-bond acceptors (Lipinski definition) is 4. The maximum atomic E-state index is 12.9. The van der Waals surface area contributed by atoms with Crippen LogP contribution >= 0.6 is 0 Å². The molecule has 0 saturated carbocycles. The molecule has 1 aromatic carbocycles. The van der Waals surface area contributed by atoms with Crippen LogP contribution in [0.25, 0.3) is 0 Å². The number of benzene rings is 1. The second-order valence-corrected chi connectivity index (χ2v) is 7.63. The molecular formula is C16H23FN2O5S. The summed E-state index contributed by atoms with van der Waals surface area (Å²) in [6, 6.07) is 4.56. The van der Waals surface area contributed by atoms with Crippen LogP contribution in [0.3, 0.4) is 0 Å². The molecule has 0 unspecified atom stereocenters. The van der Waals surface area contributed by atoms with Crippen LogP contribution in [0.1, 0.15) is 32.1 Å².